The number of nitrogens with two attached hydrogens (primary N) is 1. The molecule has 2 aliphatic heterocycles. The number of esters is 1. The van der Waals surface area contributed by atoms with Gasteiger partial charge in [0.25, 0.3) is 0 Å². The number of unbranched alkanes of at least 4 members (excludes halogenated alkanes) is 1. The number of fused-ring (bicyclic) bond motifs is 1. The second kappa shape index (κ2) is 18.3. The third kappa shape index (κ3) is 11.6. The highest BCUT2D eigenvalue weighted by Gasteiger charge is 2.42. The van der Waals surface area contributed by atoms with Crippen molar-refractivity contribution in [3.8, 4) is 0 Å². The van der Waals surface area contributed by atoms with Crippen molar-refractivity contribution in [1.82, 2.24) is 19.4 Å². The summed E-state index contributed by atoms with van der Waals surface area (Å²) >= 11 is 0. The molecule has 1 amide bonds. The van der Waals surface area contributed by atoms with Crippen LogP contribution in [-0.2, 0) is 49.5 Å². The van der Waals surface area contributed by atoms with E-state index < -0.39 is 77.2 Å². The van der Waals surface area contributed by atoms with Crippen LogP contribution >= 0.6 is 0 Å². The predicted octanol–water partition coefficient (Wildman–Crippen LogP) is 0.768. The maximum atomic E-state index is 14.0. The molecular formula is C30H37F6N5O10. The quantitative estimate of drug-likeness (QED) is 0.0831. The Balaban J connectivity index is 0.000000612. The number of aliphatic hydroxyl groups excluding tert-OH is 2. The maximum absolute atomic E-state index is 14.0. The lowest BCUT2D eigenvalue weighted by molar-refractivity contribution is -0.165. The van der Waals surface area contributed by atoms with Gasteiger partial charge >= 0.3 is 24.1 Å². The van der Waals surface area contributed by atoms with E-state index in [1.807, 2.05) is 0 Å². The zero-order chi connectivity index (χ0) is 38.0. The van der Waals surface area contributed by atoms with Crippen molar-refractivity contribution < 1.29 is 75.4 Å². The minimum absolute atomic E-state index is 0.00510. The number of halogens is 6. The standard InChI is InChI=1S/C26H31F6N5O4.C4H6O6/c27-18-14-20(29)19(28)12-16(18)11-17(33)13-22(38)36-4-5-37-21(15-36)23(34-25(37)26(30,31)32)24(39)41-8-2-1-3-35-6-9-40-10-7-35;5-1(3(7)8)2(6)4(9)10/h12,14,17H,1-11,13,15,33H2;1-2,5-6H,(H,7,8)(H,9,10)/t17-;1-,2-/m11/s1. The summed E-state index contributed by atoms with van der Waals surface area (Å²) in [6.07, 6.45) is -8.76. The predicted molar refractivity (Wildman–Crippen MR) is 159 cm³/mol. The van der Waals surface area contributed by atoms with Gasteiger partial charge in [-0.15, -0.1) is 0 Å². The van der Waals surface area contributed by atoms with E-state index in [4.69, 9.17) is 35.6 Å². The Morgan fingerprint density at radius 2 is 1.53 bits per heavy atom. The van der Waals surface area contributed by atoms with Crippen molar-refractivity contribution in [3.63, 3.8) is 0 Å². The van der Waals surface area contributed by atoms with Gasteiger partial charge < -0.3 is 45.1 Å². The lowest BCUT2D eigenvalue weighted by Gasteiger charge is -2.30. The summed E-state index contributed by atoms with van der Waals surface area (Å²) in [6.45, 7) is 2.95. The molecule has 6 N–H and O–H groups in total. The normalized spacial score (nSPS) is 16.7. The van der Waals surface area contributed by atoms with Crippen LogP contribution in [0, 0.1) is 17.5 Å². The highest BCUT2D eigenvalue weighted by molar-refractivity contribution is 5.89. The molecule has 1 aromatic heterocycles. The van der Waals surface area contributed by atoms with Gasteiger partial charge in [0.05, 0.1) is 32.1 Å². The number of morpholine rings is 1. The number of carbonyl (C=O) groups excluding carboxylic acids is 2. The number of aliphatic carboxylic acids is 2. The van der Waals surface area contributed by atoms with Gasteiger partial charge in [-0.25, -0.2) is 32.5 Å². The number of rotatable bonds is 13. The number of benzene rings is 1. The average molecular weight is 742 g/mol. The van der Waals surface area contributed by atoms with E-state index in [2.05, 4.69) is 9.88 Å². The van der Waals surface area contributed by atoms with Crippen molar-refractivity contribution in [2.24, 2.45) is 5.73 Å². The Kier molecular flexibility index (Phi) is 14.7. The fourth-order valence-electron chi connectivity index (χ4n) is 5.15. The number of carboxylic acids is 2. The zero-order valence-corrected chi connectivity index (χ0v) is 27.0. The molecule has 0 unspecified atom stereocenters. The summed E-state index contributed by atoms with van der Waals surface area (Å²) in [5, 5.41) is 32.5. The van der Waals surface area contributed by atoms with Crippen LogP contribution in [0.4, 0.5) is 26.3 Å². The number of aliphatic hydroxyl groups is 2. The molecule has 21 heteroatoms. The van der Waals surface area contributed by atoms with E-state index in [0.29, 0.717) is 31.8 Å². The third-order valence-corrected chi connectivity index (χ3v) is 7.83. The SMILES string of the molecule is N[C@@H](CC(=O)N1CCn2c(C(F)(F)F)nc(C(=O)OCCCCN3CCOCC3)c2C1)Cc1cc(F)c(F)cc1F.O=C(O)[C@H](O)[C@@H](O)C(=O)O. The first-order chi connectivity index (χ1) is 23.9. The first kappa shape index (κ1) is 41.1. The van der Waals surface area contributed by atoms with Crippen molar-refractivity contribution in [2.45, 2.75) is 63.2 Å². The van der Waals surface area contributed by atoms with Gasteiger partial charge in [0, 0.05) is 44.7 Å². The molecule has 0 spiro atoms. The number of hydrogen-bond donors (Lipinski definition) is 5. The lowest BCUT2D eigenvalue weighted by Crippen LogP contribution is -2.42. The van der Waals surface area contributed by atoms with E-state index in [-0.39, 0.29) is 50.3 Å². The molecule has 0 radical (unpaired) electrons. The lowest BCUT2D eigenvalue weighted by atomic mass is 10.0. The zero-order valence-electron chi connectivity index (χ0n) is 27.0. The van der Waals surface area contributed by atoms with Crippen LogP contribution in [0.25, 0.3) is 0 Å². The third-order valence-electron chi connectivity index (χ3n) is 7.83. The van der Waals surface area contributed by atoms with Crippen LogP contribution in [0.15, 0.2) is 12.1 Å². The van der Waals surface area contributed by atoms with Crippen molar-refractivity contribution >= 4 is 23.8 Å². The fourth-order valence-corrected chi connectivity index (χ4v) is 5.15. The number of alkyl halides is 3. The smallest absolute Gasteiger partial charge is 0.449 e. The van der Waals surface area contributed by atoms with Gasteiger partial charge in [-0.1, -0.05) is 0 Å². The Bertz CT molecular complexity index is 1530. The largest absolute Gasteiger partial charge is 0.479 e. The number of amides is 1. The molecule has 0 saturated carbocycles. The molecule has 15 nitrogen and oxygen atoms in total. The number of hydrogen-bond acceptors (Lipinski definition) is 11. The second-order valence-corrected chi connectivity index (χ2v) is 11.6. The number of carboxylic acid groups (broad SMARTS) is 2. The molecule has 1 saturated heterocycles. The summed E-state index contributed by atoms with van der Waals surface area (Å²) < 4.78 is 93.1. The van der Waals surface area contributed by atoms with E-state index in [1.54, 1.807) is 0 Å². The van der Waals surface area contributed by atoms with Crippen LogP contribution in [0.5, 0.6) is 0 Å². The van der Waals surface area contributed by atoms with Crippen LogP contribution in [0.3, 0.4) is 0 Å². The van der Waals surface area contributed by atoms with Crippen molar-refractivity contribution in [3.05, 3.63) is 52.4 Å². The summed E-state index contributed by atoms with van der Waals surface area (Å²) in [7, 11) is 0. The molecule has 3 atom stereocenters. The fraction of sp³-hybridized carbons (Fsp3) is 0.567. The minimum Gasteiger partial charge on any atom is -0.479 e. The van der Waals surface area contributed by atoms with E-state index in [0.717, 1.165) is 30.6 Å². The van der Waals surface area contributed by atoms with E-state index >= 15 is 0 Å². The van der Waals surface area contributed by atoms with Gasteiger partial charge in [0.15, 0.2) is 29.5 Å². The Labute approximate surface area is 286 Å². The van der Waals surface area contributed by atoms with Crippen LogP contribution in [0.2, 0.25) is 0 Å². The second-order valence-electron chi connectivity index (χ2n) is 11.6. The van der Waals surface area contributed by atoms with Crippen molar-refractivity contribution in [2.75, 3.05) is 46.0 Å². The summed E-state index contributed by atoms with van der Waals surface area (Å²) in [5.74, 6) is -10.0. The molecule has 2 aliphatic rings. The molecule has 2 aromatic rings. The molecular weight excluding hydrogens is 704 g/mol. The highest BCUT2D eigenvalue weighted by atomic mass is 19.4. The van der Waals surface area contributed by atoms with Crippen molar-refractivity contribution in [1.29, 1.82) is 0 Å². The highest BCUT2D eigenvalue weighted by Crippen LogP contribution is 2.33. The minimum atomic E-state index is -4.84. The number of ether oxygens (including phenoxy) is 2. The number of aromatic nitrogens is 2. The summed E-state index contributed by atoms with van der Waals surface area (Å²) in [6, 6.07) is 0.0584. The molecule has 3 heterocycles. The van der Waals surface area contributed by atoms with Gasteiger partial charge in [0.1, 0.15) is 5.82 Å². The Morgan fingerprint density at radius 1 is 0.922 bits per heavy atom. The molecule has 284 valence electrons. The first-order valence-corrected chi connectivity index (χ1v) is 15.5. The Morgan fingerprint density at radius 3 is 2.12 bits per heavy atom. The van der Waals surface area contributed by atoms with Gasteiger partial charge in [-0.05, 0) is 37.4 Å². The average Bonchev–Trinajstić information content (AvgIpc) is 3.47. The topological polar surface area (TPSA) is 218 Å². The molecule has 1 fully saturated rings. The summed E-state index contributed by atoms with van der Waals surface area (Å²) in [5.41, 5.74) is 5.10. The van der Waals surface area contributed by atoms with Gasteiger partial charge in [-0.3, -0.25) is 9.69 Å². The molecule has 0 aliphatic carbocycles. The van der Waals surface area contributed by atoms with Gasteiger partial charge in [0.2, 0.25) is 11.7 Å². The van der Waals surface area contributed by atoms with Crippen LogP contribution in [0.1, 0.15) is 46.8 Å². The maximum Gasteiger partial charge on any atom is 0.449 e. The number of imidazole rings is 1. The monoisotopic (exact) mass is 741 g/mol. The van der Waals surface area contributed by atoms with E-state index in [9.17, 15) is 45.5 Å². The molecule has 4 rings (SSSR count). The Hall–Kier alpha value is -4.31. The number of carbonyl (C=O) groups is 4. The van der Waals surface area contributed by atoms with Crippen LogP contribution in [-0.4, -0.2) is 128 Å². The molecule has 1 aromatic carbocycles. The summed E-state index contributed by atoms with van der Waals surface area (Å²) in [4.78, 5) is 52.2. The van der Waals surface area contributed by atoms with Gasteiger partial charge in [-0.2, -0.15) is 13.2 Å². The molecule has 51 heavy (non-hydrogen) atoms. The van der Waals surface area contributed by atoms with Crippen LogP contribution < -0.4 is 5.73 Å². The molecule has 0 bridgehead atoms. The number of nitrogens with zero attached hydrogens (tertiary/aromatic N) is 4. The first-order valence-electron chi connectivity index (χ1n) is 15.5. The van der Waals surface area contributed by atoms with E-state index in [1.165, 1.54) is 4.90 Å².